The van der Waals surface area contributed by atoms with Gasteiger partial charge >= 0.3 is 5.97 Å². The minimum absolute atomic E-state index is 0.107. The zero-order valence-electron chi connectivity index (χ0n) is 11.1. The molecule has 4 nitrogen and oxygen atoms in total. The van der Waals surface area contributed by atoms with Crippen molar-refractivity contribution in [3.05, 3.63) is 54.0 Å². The fourth-order valence-corrected chi connectivity index (χ4v) is 1.61. The lowest BCUT2D eigenvalue weighted by Crippen LogP contribution is -2.11. The molecule has 19 heavy (non-hydrogen) atoms. The second kappa shape index (κ2) is 6.09. The molecule has 0 atom stereocenters. The molecular formula is C15H17NO3. The van der Waals surface area contributed by atoms with Gasteiger partial charge in [-0.2, -0.15) is 0 Å². The van der Waals surface area contributed by atoms with Gasteiger partial charge in [-0.1, -0.05) is 0 Å². The number of anilines is 1. The summed E-state index contributed by atoms with van der Waals surface area (Å²) in [5, 5.41) is 3.21. The Morgan fingerprint density at radius 2 is 2.00 bits per heavy atom. The molecule has 0 radical (unpaired) electrons. The zero-order chi connectivity index (χ0) is 13.7. The van der Waals surface area contributed by atoms with Crippen molar-refractivity contribution in [2.75, 3.05) is 5.32 Å². The van der Waals surface area contributed by atoms with Gasteiger partial charge in [-0.25, -0.2) is 4.79 Å². The number of hydrogen-bond acceptors (Lipinski definition) is 4. The summed E-state index contributed by atoms with van der Waals surface area (Å²) in [7, 11) is 0. The highest BCUT2D eigenvalue weighted by molar-refractivity contribution is 5.89. The molecule has 100 valence electrons. The highest BCUT2D eigenvalue weighted by Gasteiger charge is 2.08. The summed E-state index contributed by atoms with van der Waals surface area (Å²) in [5.41, 5.74) is 1.48. The Kier molecular flexibility index (Phi) is 4.23. The van der Waals surface area contributed by atoms with Crippen molar-refractivity contribution >= 4 is 11.7 Å². The van der Waals surface area contributed by atoms with E-state index >= 15 is 0 Å². The van der Waals surface area contributed by atoms with Crippen LogP contribution in [0.1, 0.15) is 30.0 Å². The quantitative estimate of drug-likeness (QED) is 0.835. The first-order valence-electron chi connectivity index (χ1n) is 6.22. The van der Waals surface area contributed by atoms with Crippen LogP contribution in [0.5, 0.6) is 0 Å². The maximum absolute atomic E-state index is 11.7. The van der Waals surface area contributed by atoms with Crippen LogP contribution in [0.15, 0.2) is 47.1 Å². The molecule has 0 unspecified atom stereocenters. The van der Waals surface area contributed by atoms with E-state index < -0.39 is 0 Å². The Morgan fingerprint density at radius 3 is 2.58 bits per heavy atom. The molecule has 0 saturated carbocycles. The van der Waals surface area contributed by atoms with Crippen LogP contribution < -0.4 is 5.32 Å². The van der Waals surface area contributed by atoms with E-state index in [1.807, 2.05) is 38.1 Å². The number of furan rings is 1. The lowest BCUT2D eigenvalue weighted by atomic mass is 10.2. The van der Waals surface area contributed by atoms with Crippen molar-refractivity contribution in [3.8, 4) is 0 Å². The van der Waals surface area contributed by atoms with Gasteiger partial charge in [0.2, 0.25) is 0 Å². The molecule has 1 heterocycles. The molecule has 1 aromatic heterocycles. The van der Waals surface area contributed by atoms with Crippen LogP contribution in [-0.4, -0.2) is 12.1 Å². The first kappa shape index (κ1) is 13.2. The van der Waals surface area contributed by atoms with E-state index in [1.165, 1.54) is 0 Å². The van der Waals surface area contributed by atoms with Gasteiger partial charge < -0.3 is 14.5 Å². The maximum Gasteiger partial charge on any atom is 0.338 e. The van der Waals surface area contributed by atoms with E-state index in [4.69, 9.17) is 9.15 Å². The maximum atomic E-state index is 11.7. The minimum Gasteiger partial charge on any atom is -0.467 e. The van der Waals surface area contributed by atoms with Gasteiger partial charge in [-0.05, 0) is 50.2 Å². The van der Waals surface area contributed by atoms with Crippen LogP contribution in [0.4, 0.5) is 5.69 Å². The molecule has 0 spiro atoms. The Hall–Kier alpha value is -2.23. The summed E-state index contributed by atoms with van der Waals surface area (Å²) in [4.78, 5) is 11.7. The van der Waals surface area contributed by atoms with Crippen molar-refractivity contribution in [1.82, 2.24) is 0 Å². The molecule has 1 aromatic carbocycles. The van der Waals surface area contributed by atoms with Crippen molar-refractivity contribution in [2.45, 2.75) is 26.5 Å². The lowest BCUT2D eigenvalue weighted by Gasteiger charge is -2.09. The predicted molar refractivity (Wildman–Crippen MR) is 73.0 cm³/mol. The molecule has 0 bridgehead atoms. The van der Waals surface area contributed by atoms with Crippen LogP contribution >= 0.6 is 0 Å². The first-order chi connectivity index (χ1) is 9.15. The van der Waals surface area contributed by atoms with E-state index in [-0.39, 0.29) is 12.1 Å². The van der Waals surface area contributed by atoms with Crippen LogP contribution in [-0.2, 0) is 11.3 Å². The van der Waals surface area contributed by atoms with E-state index in [1.54, 1.807) is 18.4 Å². The number of benzene rings is 1. The number of carbonyl (C=O) groups is 1. The highest BCUT2D eigenvalue weighted by atomic mass is 16.5. The summed E-state index contributed by atoms with van der Waals surface area (Å²) in [6.07, 6.45) is 1.53. The summed E-state index contributed by atoms with van der Waals surface area (Å²) in [5.74, 6) is 0.566. The molecule has 0 aliphatic heterocycles. The third-order valence-electron chi connectivity index (χ3n) is 2.51. The van der Waals surface area contributed by atoms with Crippen molar-refractivity contribution < 1.29 is 13.9 Å². The topological polar surface area (TPSA) is 51.5 Å². The van der Waals surface area contributed by atoms with Gasteiger partial charge in [0.15, 0.2) is 0 Å². The number of rotatable bonds is 5. The first-order valence-corrected chi connectivity index (χ1v) is 6.22. The highest BCUT2D eigenvalue weighted by Crippen LogP contribution is 2.12. The smallest absolute Gasteiger partial charge is 0.338 e. The third-order valence-corrected chi connectivity index (χ3v) is 2.51. The average Bonchev–Trinajstić information content (AvgIpc) is 2.89. The molecule has 0 aliphatic carbocycles. The Morgan fingerprint density at radius 1 is 1.26 bits per heavy atom. The Bertz CT molecular complexity index is 515. The molecule has 0 fully saturated rings. The normalized spacial score (nSPS) is 10.5. The Balaban J connectivity index is 1.92. The van der Waals surface area contributed by atoms with Crippen LogP contribution in [0.25, 0.3) is 0 Å². The van der Waals surface area contributed by atoms with Crippen molar-refractivity contribution in [2.24, 2.45) is 0 Å². The standard InChI is InChI=1S/C15H17NO3/c1-11(2)19-15(17)12-5-7-13(8-6-12)16-10-14-4-3-9-18-14/h3-9,11,16H,10H2,1-2H3. The molecule has 2 aromatic rings. The second-order valence-electron chi connectivity index (χ2n) is 4.46. The second-order valence-corrected chi connectivity index (χ2v) is 4.46. The van der Waals surface area contributed by atoms with E-state index in [0.717, 1.165) is 11.4 Å². The van der Waals surface area contributed by atoms with Gasteiger partial charge in [-0.3, -0.25) is 0 Å². The molecular weight excluding hydrogens is 242 g/mol. The van der Waals surface area contributed by atoms with Crippen molar-refractivity contribution in [3.63, 3.8) is 0 Å². The van der Waals surface area contributed by atoms with E-state index in [9.17, 15) is 4.79 Å². The molecule has 0 saturated heterocycles. The van der Waals surface area contributed by atoms with E-state index in [0.29, 0.717) is 12.1 Å². The molecule has 1 N–H and O–H groups in total. The van der Waals surface area contributed by atoms with Gasteiger partial charge in [-0.15, -0.1) is 0 Å². The summed E-state index contributed by atoms with van der Waals surface area (Å²) in [6.45, 7) is 4.27. The summed E-state index contributed by atoms with van der Waals surface area (Å²) < 4.78 is 10.3. The molecule has 2 rings (SSSR count). The molecule has 4 heteroatoms. The minimum atomic E-state index is -0.299. The average molecular weight is 259 g/mol. The van der Waals surface area contributed by atoms with Gasteiger partial charge in [0, 0.05) is 5.69 Å². The SMILES string of the molecule is CC(C)OC(=O)c1ccc(NCc2ccco2)cc1. The summed E-state index contributed by atoms with van der Waals surface area (Å²) >= 11 is 0. The number of esters is 1. The fourth-order valence-electron chi connectivity index (χ4n) is 1.61. The largest absolute Gasteiger partial charge is 0.467 e. The van der Waals surface area contributed by atoms with Gasteiger partial charge in [0.1, 0.15) is 5.76 Å². The monoisotopic (exact) mass is 259 g/mol. The lowest BCUT2D eigenvalue weighted by molar-refractivity contribution is 0.0378. The van der Waals surface area contributed by atoms with Crippen LogP contribution in [0.2, 0.25) is 0 Å². The number of hydrogen-bond donors (Lipinski definition) is 1. The van der Waals surface area contributed by atoms with Gasteiger partial charge in [0.05, 0.1) is 24.5 Å². The third kappa shape index (κ3) is 3.88. The van der Waals surface area contributed by atoms with Crippen LogP contribution in [0, 0.1) is 0 Å². The summed E-state index contributed by atoms with van der Waals surface area (Å²) in [6, 6.07) is 10.9. The van der Waals surface area contributed by atoms with Crippen LogP contribution in [0.3, 0.4) is 0 Å². The molecule has 0 aliphatic rings. The number of carbonyl (C=O) groups excluding carboxylic acids is 1. The predicted octanol–water partition coefficient (Wildman–Crippen LogP) is 3.46. The Labute approximate surface area is 112 Å². The number of nitrogens with one attached hydrogen (secondary N) is 1. The van der Waals surface area contributed by atoms with Gasteiger partial charge in [0.25, 0.3) is 0 Å². The zero-order valence-corrected chi connectivity index (χ0v) is 11.1. The van der Waals surface area contributed by atoms with E-state index in [2.05, 4.69) is 5.32 Å². The fraction of sp³-hybridized carbons (Fsp3) is 0.267. The number of ether oxygens (including phenoxy) is 1. The van der Waals surface area contributed by atoms with Crippen molar-refractivity contribution in [1.29, 1.82) is 0 Å². The molecule has 0 amide bonds.